The van der Waals surface area contributed by atoms with Crippen molar-refractivity contribution in [2.24, 2.45) is 55.3 Å². The van der Waals surface area contributed by atoms with E-state index in [0.29, 0.717) is 22.3 Å². The summed E-state index contributed by atoms with van der Waals surface area (Å²) in [5.74, 6) is 0. The number of nitrogens with zero attached hydrogens (tertiary/aromatic N) is 4. The summed E-state index contributed by atoms with van der Waals surface area (Å²) in [5, 5.41) is 0. The van der Waals surface area contributed by atoms with Crippen molar-refractivity contribution in [3.05, 3.63) is 213 Å². The topological polar surface area (TPSA) is 15.5 Å². The highest BCUT2D eigenvalue weighted by atomic mass is 14.9. The van der Waals surface area contributed by atoms with Crippen molar-refractivity contribution in [3.63, 3.8) is 0 Å². The highest BCUT2D eigenvalue weighted by Gasteiger charge is 2.26. The fourth-order valence-corrected chi connectivity index (χ4v) is 9.78. The summed E-state index contributed by atoms with van der Waals surface area (Å²) in [6.07, 6.45) is -0.891. The molecule has 448 valence electrons. The number of hydrogen-bond donors (Lipinski definition) is 0. The van der Waals surface area contributed by atoms with Crippen LogP contribution in [0.25, 0.3) is 45.0 Å². The average Bonchev–Trinajstić information content (AvgIpc) is 0.745. The predicted octanol–water partition coefficient (Wildman–Crippen LogP) is 18.8. The molecule has 84 heavy (non-hydrogen) atoms. The SMILES string of the molecule is [2H]C([2H])([2H])c1c[n+](C)c(-c2ccccc2C)cc1C([2H])([2H])C(C)(C)C.[2H]C([2H])([2H])c1ccc(-c2cc(C)c(C([2H])([2H])C(C)(C)C)c[n+]2C)c(C)c1.[2H]C([2H])(c1cc(-c2ccccc2C)[n+](C)cc1C([2H])([2H])C(C)(C)C)C(C)(C)C.[2H]C([2H])(c1cc[n+](C)c(-c2ccccc2C)c1)C(C)(C)C. The van der Waals surface area contributed by atoms with Crippen LogP contribution in [0, 0.1) is 75.4 Å². The van der Waals surface area contributed by atoms with Gasteiger partial charge in [-0.2, -0.15) is 0 Å². The zero-order valence-electron chi connectivity index (χ0n) is 71.6. The van der Waals surface area contributed by atoms with Crippen molar-refractivity contribution in [1.29, 1.82) is 0 Å². The number of aromatic nitrogens is 4. The second-order valence-corrected chi connectivity index (χ2v) is 27.8. The Labute approximate surface area is 535 Å². The predicted molar refractivity (Wildman–Crippen MR) is 361 cm³/mol. The van der Waals surface area contributed by atoms with Crippen molar-refractivity contribution in [1.82, 2.24) is 0 Å². The third-order valence-electron chi connectivity index (χ3n) is 13.5. The molecule has 8 aromatic rings. The van der Waals surface area contributed by atoms with E-state index in [-0.39, 0.29) is 11.1 Å². The first kappa shape index (κ1) is 47.7. The van der Waals surface area contributed by atoms with Crippen molar-refractivity contribution in [3.8, 4) is 45.0 Å². The van der Waals surface area contributed by atoms with Gasteiger partial charge in [0.15, 0.2) is 24.8 Å². The molecule has 0 aliphatic rings. The molecule has 0 bridgehead atoms. The van der Waals surface area contributed by atoms with Crippen LogP contribution in [0.3, 0.4) is 0 Å². The number of rotatable bonds is 9. The Morgan fingerprint density at radius 1 is 0.321 bits per heavy atom. The number of pyridine rings is 4. The smallest absolute Gasteiger partial charge is 0.201 e. The molecule has 0 N–H and O–H groups in total. The molecule has 4 heterocycles. The molecule has 8 rings (SSSR count). The van der Waals surface area contributed by atoms with E-state index in [9.17, 15) is 0 Å². The van der Waals surface area contributed by atoms with Crippen molar-refractivity contribution < 1.29 is 40.2 Å². The van der Waals surface area contributed by atoms with Gasteiger partial charge in [0, 0.05) is 91.2 Å². The molecule has 0 atom stereocenters. The highest BCUT2D eigenvalue weighted by molar-refractivity contribution is 5.64. The van der Waals surface area contributed by atoms with Crippen LogP contribution in [-0.4, -0.2) is 0 Å². The van der Waals surface area contributed by atoms with Crippen molar-refractivity contribution >= 4 is 0 Å². The lowest BCUT2D eigenvalue weighted by atomic mass is 9.81. The van der Waals surface area contributed by atoms with Gasteiger partial charge < -0.3 is 0 Å². The fourth-order valence-electron chi connectivity index (χ4n) is 9.78. The second-order valence-electron chi connectivity index (χ2n) is 27.8. The minimum Gasteiger partial charge on any atom is -0.201 e. The highest BCUT2D eigenvalue weighted by Crippen LogP contribution is 2.33. The summed E-state index contributed by atoms with van der Waals surface area (Å²) >= 11 is 0. The Balaban J connectivity index is 0.000000241. The van der Waals surface area contributed by atoms with E-state index >= 15 is 0 Å². The van der Waals surface area contributed by atoms with Gasteiger partial charge in [-0.25, -0.2) is 18.3 Å². The van der Waals surface area contributed by atoms with Gasteiger partial charge in [-0.3, -0.25) is 0 Å². The van der Waals surface area contributed by atoms with E-state index in [2.05, 4.69) is 19.1 Å². The molecule has 0 amide bonds. The zero-order valence-corrected chi connectivity index (χ0v) is 55.6. The van der Waals surface area contributed by atoms with Gasteiger partial charge in [0.2, 0.25) is 22.8 Å². The van der Waals surface area contributed by atoms with Gasteiger partial charge >= 0.3 is 0 Å². The summed E-state index contributed by atoms with van der Waals surface area (Å²) < 4.78 is 141. The van der Waals surface area contributed by atoms with Crippen LogP contribution < -0.4 is 18.3 Å². The Kier molecular flexibility index (Phi) is 16.0. The average molecular weight is 1150 g/mol. The van der Waals surface area contributed by atoms with E-state index in [0.717, 1.165) is 72.8 Å². The van der Waals surface area contributed by atoms with E-state index in [4.69, 9.17) is 21.9 Å². The summed E-state index contributed by atoms with van der Waals surface area (Å²) in [4.78, 5) is 0. The maximum absolute atomic E-state index is 8.92. The molecule has 4 aromatic heterocycles. The molecule has 0 saturated carbocycles. The minimum atomic E-state index is -2.38. The molecule has 0 fully saturated rings. The van der Waals surface area contributed by atoms with E-state index in [1.54, 1.807) is 63.0 Å². The molecule has 0 saturated heterocycles. The maximum Gasteiger partial charge on any atom is 0.212 e. The number of benzene rings is 4. The quantitative estimate of drug-likeness (QED) is 0.128. The lowest BCUT2D eigenvalue weighted by Crippen LogP contribution is -2.33. The van der Waals surface area contributed by atoms with Crippen molar-refractivity contribution in [2.45, 2.75) is 184 Å². The van der Waals surface area contributed by atoms with Crippen LogP contribution >= 0.6 is 0 Å². The first-order valence-corrected chi connectivity index (χ1v) is 29.5. The molecule has 4 nitrogen and oxygen atoms in total. The van der Waals surface area contributed by atoms with Gasteiger partial charge in [-0.15, -0.1) is 0 Å². The molecular weight excluding hydrogens is 1020 g/mol. The normalized spacial score (nSPS) is 15.9. The van der Waals surface area contributed by atoms with Gasteiger partial charge in [0.05, 0.1) is 0 Å². The third kappa shape index (κ3) is 20.9. The van der Waals surface area contributed by atoms with Crippen LogP contribution in [0.15, 0.2) is 146 Å². The Bertz CT molecular complexity index is 4220. The molecule has 4 heteroatoms. The van der Waals surface area contributed by atoms with Gasteiger partial charge in [-0.1, -0.05) is 176 Å². The molecule has 4 aromatic carbocycles. The monoisotopic (exact) mass is 1140 g/mol. The van der Waals surface area contributed by atoms with E-state index < -0.39 is 72.6 Å². The van der Waals surface area contributed by atoms with Gasteiger partial charge in [0.1, 0.15) is 28.2 Å². The number of aryl methyl sites for hydroxylation is 11. The number of hydrogen-bond acceptors (Lipinski definition) is 0. The van der Waals surface area contributed by atoms with Crippen LogP contribution in [0.1, 0.15) is 193 Å². The zero-order chi connectivity index (χ0) is 76.8. The first-order valence-electron chi connectivity index (χ1n) is 37.5. The van der Waals surface area contributed by atoms with Crippen LogP contribution in [-0.2, 0) is 60.1 Å². The largest absolute Gasteiger partial charge is 0.212 e. The fraction of sp³-hybridized carbons (Fsp3) is 0.450. The van der Waals surface area contributed by atoms with E-state index in [1.165, 1.54) is 5.56 Å². The van der Waals surface area contributed by atoms with Gasteiger partial charge in [-0.05, 0) is 176 Å². The molecule has 0 radical (unpaired) electrons. The second kappa shape index (κ2) is 28.1. The first-order chi connectivity index (χ1) is 45.1. The molecule has 0 aliphatic carbocycles. The third-order valence-corrected chi connectivity index (χ3v) is 13.5. The summed E-state index contributed by atoms with van der Waals surface area (Å²) in [5.41, 5.74) is 12.7. The summed E-state index contributed by atoms with van der Waals surface area (Å²) in [6, 6.07) is 38.7. The Morgan fingerprint density at radius 2 is 0.702 bits per heavy atom. The maximum atomic E-state index is 8.92. The van der Waals surface area contributed by atoms with Crippen LogP contribution in [0.4, 0.5) is 0 Å². The summed E-state index contributed by atoms with van der Waals surface area (Å²) in [7, 11) is 7.60. The van der Waals surface area contributed by atoms with Gasteiger partial charge in [0.25, 0.3) is 0 Å². The molecule has 0 unspecified atom stereocenters. The summed E-state index contributed by atoms with van der Waals surface area (Å²) in [6.45, 7) is 33.5. The van der Waals surface area contributed by atoms with Crippen molar-refractivity contribution in [2.75, 3.05) is 0 Å². The van der Waals surface area contributed by atoms with E-state index in [1.807, 2.05) is 249 Å². The molecule has 0 spiro atoms. The molecular formula is C80H112N4+4. The Morgan fingerprint density at radius 3 is 1.14 bits per heavy atom. The van der Waals surface area contributed by atoms with Crippen LogP contribution in [0.5, 0.6) is 0 Å². The minimum absolute atomic E-state index is 0.0623. The Hall–Kier alpha value is -6.52. The standard InChI is InChI=1S/C23H34N.C20H28N.C19H26N.C18H24N/c1-17-11-9-10-12-20(17)21-13-18(14-22(2,3)4)19(16-24(21)8)15-23(5,6)7;1-14-8-9-18(16(3)10-14)19-11-15(2)17(13-21(19)7)12-20(4,5)6;1-14-9-7-8-10-17(14)18-11-16(12-19(3,4)5)15(2)13-20(18)6;1-14-8-6-7-9-16(14)17-12-15(10-11-19(17)5)13-18(2,3)4/h9-13,16H,14-15H2,1-8H3;8-11,13H,12H2,1-7H3;7-11,13H,12H2,1-6H3;6-12H,13H2,1-5H3/q4*+1/i14D2,15D2;1D3,12D2;2D3,12D2;13D2. The molecule has 0 aliphatic heterocycles. The lowest BCUT2D eigenvalue weighted by molar-refractivity contribution is -0.661. The lowest BCUT2D eigenvalue weighted by Gasteiger charge is -2.24. The van der Waals surface area contributed by atoms with Crippen LogP contribution in [0.2, 0.25) is 0 Å².